The first-order valence-corrected chi connectivity index (χ1v) is 13.4. The van der Waals surface area contributed by atoms with Gasteiger partial charge in [0.15, 0.2) is 6.10 Å². The molecule has 3 fully saturated rings. The first-order valence-electron chi connectivity index (χ1n) is 13.4. The lowest BCUT2D eigenvalue weighted by molar-refractivity contribution is -0.155. The van der Waals surface area contributed by atoms with Crippen molar-refractivity contribution in [3.8, 4) is 0 Å². The van der Waals surface area contributed by atoms with E-state index in [9.17, 15) is 24.3 Å². The lowest BCUT2D eigenvalue weighted by Crippen LogP contribution is -2.63. The summed E-state index contributed by atoms with van der Waals surface area (Å²) in [5.74, 6) is -1.40. The quantitative estimate of drug-likeness (QED) is 0.376. The molecule has 6 atom stereocenters. The number of ether oxygens (including phenoxy) is 1. The lowest BCUT2D eigenvalue weighted by Gasteiger charge is -2.40. The molecule has 3 rings (SSSR count). The molecule has 37 heavy (non-hydrogen) atoms. The molecule has 2 aliphatic carbocycles. The fourth-order valence-electron chi connectivity index (χ4n) is 5.91. The smallest absolute Gasteiger partial charge is 0.336 e. The fourth-order valence-corrected chi connectivity index (χ4v) is 5.91. The minimum absolute atomic E-state index is 0.0308. The van der Waals surface area contributed by atoms with Crippen molar-refractivity contribution in [2.45, 2.75) is 104 Å². The van der Waals surface area contributed by atoms with Gasteiger partial charge in [0.25, 0.3) is 0 Å². The molecule has 0 radical (unpaired) electrons. The van der Waals surface area contributed by atoms with Crippen LogP contribution in [0.1, 0.15) is 74.7 Å². The minimum Gasteiger partial charge on any atom is -0.467 e. The van der Waals surface area contributed by atoms with Gasteiger partial charge < -0.3 is 30.7 Å². The zero-order valence-electron chi connectivity index (χ0n) is 23.8. The van der Waals surface area contributed by atoms with Crippen molar-refractivity contribution in [2.24, 2.45) is 28.6 Å². The highest BCUT2D eigenvalue weighted by atomic mass is 16.5. The molecule has 10 nitrogen and oxygen atoms in total. The number of carbonyl (C=O) groups excluding carboxylic acids is 4. The number of carbonyl (C=O) groups is 4. The van der Waals surface area contributed by atoms with Gasteiger partial charge in [0.05, 0.1) is 13.2 Å². The van der Waals surface area contributed by atoms with Gasteiger partial charge in [-0.15, -0.1) is 0 Å². The molecule has 0 spiro atoms. The summed E-state index contributed by atoms with van der Waals surface area (Å²) in [5, 5.41) is 19.2. The van der Waals surface area contributed by atoms with Crippen LogP contribution in [0.3, 0.4) is 0 Å². The zero-order valence-corrected chi connectivity index (χ0v) is 23.8. The molecule has 0 bridgehead atoms. The SMILES string of the molecule is COC(=O)C(O)C(NC(=O)[C@@H]1C2C(CN1C(=O)[C@@H](NC(=O)NC(C)(C)C)C(C)(C)C)C2(C)C)C1CCC1. The number of hydrogen-bond acceptors (Lipinski definition) is 6. The van der Waals surface area contributed by atoms with Crippen molar-refractivity contribution in [2.75, 3.05) is 13.7 Å². The number of nitrogens with zero attached hydrogens (tertiary/aromatic N) is 1. The van der Waals surface area contributed by atoms with Crippen LogP contribution in [0.15, 0.2) is 0 Å². The average Bonchev–Trinajstić information content (AvgIpc) is 3.07. The molecule has 10 heteroatoms. The van der Waals surface area contributed by atoms with Gasteiger partial charge in [-0.25, -0.2) is 9.59 Å². The van der Waals surface area contributed by atoms with Gasteiger partial charge in [0, 0.05) is 12.1 Å². The van der Waals surface area contributed by atoms with Crippen molar-refractivity contribution in [1.29, 1.82) is 0 Å². The second-order valence-electron chi connectivity index (χ2n) is 13.7. The summed E-state index contributed by atoms with van der Waals surface area (Å²) >= 11 is 0. The Bertz CT molecular complexity index is 917. The Morgan fingerprint density at radius 3 is 2.08 bits per heavy atom. The van der Waals surface area contributed by atoms with Gasteiger partial charge >= 0.3 is 12.0 Å². The first kappa shape index (κ1) is 29.2. The Balaban J connectivity index is 1.84. The highest BCUT2D eigenvalue weighted by Gasteiger charge is 2.70. The van der Waals surface area contributed by atoms with E-state index in [2.05, 4.69) is 29.8 Å². The van der Waals surface area contributed by atoms with Gasteiger partial charge in [0.2, 0.25) is 11.8 Å². The molecule has 0 aromatic heterocycles. The molecule has 0 aromatic rings. The van der Waals surface area contributed by atoms with Crippen LogP contribution in [0, 0.1) is 28.6 Å². The summed E-state index contributed by atoms with van der Waals surface area (Å²) in [7, 11) is 1.20. The number of esters is 1. The van der Waals surface area contributed by atoms with Crippen molar-refractivity contribution >= 4 is 23.8 Å². The number of likely N-dealkylation sites (tertiary alicyclic amines) is 1. The molecule has 4 N–H and O–H groups in total. The van der Waals surface area contributed by atoms with E-state index in [1.54, 1.807) is 4.90 Å². The van der Waals surface area contributed by atoms with Crippen LogP contribution in [-0.4, -0.2) is 77.2 Å². The van der Waals surface area contributed by atoms with Crippen molar-refractivity contribution in [1.82, 2.24) is 20.9 Å². The van der Waals surface area contributed by atoms with E-state index in [1.807, 2.05) is 41.5 Å². The van der Waals surface area contributed by atoms with Gasteiger partial charge in [-0.2, -0.15) is 0 Å². The monoisotopic (exact) mass is 522 g/mol. The minimum atomic E-state index is -1.47. The van der Waals surface area contributed by atoms with Gasteiger partial charge in [-0.05, 0) is 62.2 Å². The number of aliphatic hydroxyl groups excluding tert-OH is 1. The molecule has 4 unspecified atom stereocenters. The van der Waals surface area contributed by atoms with E-state index in [0.29, 0.717) is 6.54 Å². The summed E-state index contributed by atoms with van der Waals surface area (Å²) < 4.78 is 4.73. The Hall–Kier alpha value is -2.36. The number of fused-ring (bicyclic) bond motifs is 1. The van der Waals surface area contributed by atoms with Crippen molar-refractivity contribution in [3.63, 3.8) is 0 Å². The van der Waals surface area contributed by atoms with Crippen LogP contribution in [0.5, 0.6) is 0 Å². The standard InChI is InChI=1S/C27H46N4O6/c1-25(2,3)20(29-24(36)30-26(4,5)6)22(34)31-13-15-16(27(15,7)8)18(31)21(33)28-17(14-11-10-12-14)19(32)23(35)37-9/h14-20,32H,10-13H2,1-9H3,(H,28,33)(H2,29,30,36)/t15?,16?,17?,18-,19?,20+/m0/s1. The van der Waals surface area contributed by atoms with E-state index in [0.717, 1.165) is 19.3 Å². The molecule has 0 aromatic carbocycles. The number of methoxy groups -OCH3 is 1. The van der Waals surface area contributed by atoms with Crippen LogP contribution in [0.4, 0.5) is 4.79 Å². The van der Waals surface area contributed by atoms with E-state index in [-0.39, 0.29) is 35.0 Å². The molecular weight excluding hydrogens is 476 g/mol. The molecule has 3 aliphatic rings. The van der Waals surface area contributed by atoms with E-state index >= 15 is 0 Å². The molecule has 1 saturated heterocycles. The normalized spacial score (nSPS) is 27.2. The van der Waals surface area contributed by atoms with E-state index < -0.39 is 47.2 Å². The maximum Gasteiger partial charge on any atom is 0.336 e. The third-order valence-corrected chi connectivity index (χ3v) is 8.39. The Labute approximate surface area is 220 Å². The number of urea groups is 1. The highest BCUT2D eigenvalue weighted by Crippen LogP contribution is 2.65. The molecule has 1 heterocycles. The highest BCUT2D eigenvalue weighted by molar-refractivity contribution is 5.94. The topological polar surface area (TPSA) is 137 Å². The maximum absolute atomic E-state index is 13.9. The molecular formula is C27H46N4O6. The van der Waals surface area contributed by atoms with Crippen molar-refractivity contribution < 1.29 is 29.0 Å². The third-order valence-electron chi connectivity index (χ3n) is 8.39. The molecule has 2 saturated carbocycles. The average molecular weight is 523 g/mol. The molecule has 210 valence electrons. The van der Waals surface area contributed by atoms with E-state index in [1.165, 1.54) is 7.11 Å². The summed E-state index contributed by atoms with van der Waals surface area (Å²) in [5.41, 5.74) is -1.19. The van der Waals surface area contributed by atoms with Crippen LogP contribution in [0.25, 0.3) is 0 Å². The Morgan fingerprint density at radius 2 is 1.62 bits per heavy atom. The van der Waals surface area contributed by atoms with Gasteiger partial charge in [0.1, 0.15) is 12.1 Å². The predicted molar refractivity (Wildman–Crippen MR) is 138 cm³/mol. The largest absolute Gasteiger partial charge is 0.467 e. The Kier molecular flexibility index (Phi) is 7.95. The second kappa shape index (κ2) is 10.1. The summed E-state index contributed by atoms with van der Waals surface area (Å²) in [4.78, 5) is 54.1. The lowest BCUT2D eigenvalue weighted by atomic mass is 9.77. The summed E-state index contributed by atoms with van der Waals surface area (Å²) in [6.07, 6.45) is 1.08. The van der Waals surface area contributed by atoms with E-state index in [4.69, 9.17) is 4.74 Å². The number of rotatable bonds is 7. The van der Waals surface area contributed by atoms with Gasteiger partial charge in [-0.1, -0.05) is 41.0 Å². The van der Waals surface area contributed by atoms with Crippen LogP contribution in [-0.2, 0) is 19.1 Å². The number of amides is 4. The fraction of sp³-hybridized carbons (Fsp3) is 0.852. The second-order valence-corrected chi connectivity index (χ2v) is 13.7. The number of nitrogens with one attached hydrogen (secondary N) is 3. The summed E-state index contributed by atoms with van der Waals surface area (Å²) in [6, 6.07) is -2.83. The third kappa shape index (κ3) is 6.04. The molecule has 1 aliphatic heterocycles. The number of piperidine rings is 1. The van der Waals surface area contributed by atoms with Crippen LogP contribution < -0.4 is 16.0 Å². The van der Waals surface area contributed by atoms with Crippen LogP contribution >= 0.6 is 0 Å². The summed E-state index contributed by atoms with van der Waals surface area (Å²) in [6.45, 7) is 15.8. The number of hydrogen-bond donors (Lipinski definition) is 4. The van der Waals surface area contributed by atoms with Crippen LogP contribution in [0.2, 0.25) is 0 Å². The van der Waals surface area contributed by atoms with Gasteiger partial charge in [-0.3, -0.25) is 9.59 Å². The molecule has 4 amide bonds. The number of aliphatic hydroxyl groups is 1. The Morgan fingerprint density at radius 1 is 1.03 bits per heavy atom. The maximum atomic E-state index is 13.9. The zero-order chi connectivity index (χ0) is 28.1. The first-order chi connectivity index (χ1) is 16.9. The van der Waals surface area contributed by atoms with Crippen molar-refractivity contribution in [3.05, 3.63) is 0 Å². The predicted octanol–water partition coefficient (Wildman–Crippen LogP) is 1.80.